The monoisotopic (exact) mass is 341 g/mol. The molecular weight excluding hydrogens is 326 g/mol. The summed E-state index contributed by atoms with van der Waals surface area (Å²) >= 11 is 5.86. The largest absolute Gasteiger partial charge is 0.466 e. The number of anilines is 1. The highest BCUT2D eigenvalue weighted by Gasteiger charge is 2.16. The van der Waals surface area contributed by atoms with E-state index in [0.717, 1.165) is 6.08 Å². The SMILES string of the molecule is COC(=O)/C=C(/CNc1ccc(Cl)cc1C(=O)OC)C(=O)OC. The van der Waals surface area contributed by atoms with Crippen LogP contribution in [0.4, 0.5) is 5.69 Å². The van der Waals surface area contributed by atoms with Crippen molar-refractivity contribution in [3.8, 4) is 0 Å². The maximum atomic E-state index is 11.7. The van der Waals surface area contributed by atoms with Gasteiger partial charge in [0.15, 0.2) is 0 Å². The van der Waals surface area contributed by atoms with E-state index >= 15 is 0 Å². The molecule has 124 valence electrons. The van der Waals surface area contributed by atoms with E-state index in [-0.39, 0.29) is 17.7 Å². The first-order valence-corrected chi connectivity index (χ1v) is 6.79. The van der Waals surface area contributed by atoms with Crippen LogP contribution < -0.4 is 5.32 Å². The van der Waals surface area contributed by atoms with Crippen LogP contribution in [0.15, 0.2) is 29.8 Å². The highest BCUT2D eigenvalue weighted by atomic mass is 35.5. The van der Waals surface area contributed by atoms with E-state index in [1.165, 1.54) is 27.4 Å². The maximum Gasteiger partial charge on any atom is 0.340 e. The number of benzene rings is 1. The van der Waals surface area contributed by atoms with Crippen LogP contribution in [0.25, 0.3) is 0 Å². The van der Waals surface area contributed by atoms with Crippen LogP contribution >= 0.6 is 11.6 Å². The molecule has 0 unspecified atom stereocenters. The van der Waals surface area contributed by atoms with Gasteiger partial charge in [-0.2, -0.15) is 0 Å². The van der Waals surface area contributed by atoms with Crippen molar-refractivity contribution in [2.24, 2.45) is 0 Å². The molecule has 0 spiro atoms. The minimum Gasteiger partial charge on any atom is -0.466 e. The fraction of sp³-hybridized carbons (Fsp3) is 0.267. The lowest BCUT2D eigenvalue weighted by molar-refractivity contribution is -0.138. The fourth-order valence-corrected chi connectivity index (χ4v) is 1.83. The van der Waals surface area contributed by atoms with Crippen molar-refractivity contribution in [3.63, 3.8) is 0 Å². The molecule has 0 aliphatic carbocycles. The maximum absolute atomic E-state index is 11.7. The van der Waals surface area contributed by atoms with Gasteiger partial charge in [0.2, 0.25) is 0 Å². The van der Waals surface area contributed by atoms with Gasteiger partial charge in [0.25, 0.3) is 0 Å². The van der Waals surface area contributed by atoms with Crippen molar-refractivity contribution in [2.75, 3.05) is 33.2 Å². The lowest BCUT2D eigenvalue weighted by atomic mass is 10.1. The summed E-state index contributed by atoms with van der Waals surface area (Å²) in [6, 6.07) is 4.55. The lowest BCUT2D eigenvalue weighted by Crippen LogP contribution is -2.18. The number of rotatable bonds is 6. The molecular formula is C15H16ClNO6. The van der Waals surface area contributed by atoms with Gasteiger partial charge in [-0.3, -0.25) is 0 Å². The van der Waals surface area contributed by atoms with E-state index in [1.54, 1.807) is 12.1 Å². The average Bonchev–Trinajstić information content (AvgIpc) is 2.57. The minimum absolute atomic E-state index is 0.0325. The van der Waals surface area contributed by atoms with Gasteiger partial charge in [0.1, 0.15) is 0 Å². The van der Waals surface area contributed by atoms with Crippen molar-refractivity contribution in [2.45, 2.75) is 0 Å². The molecule has 0 fully saturated rings. The third-order valence-corrected chi connectivity index (χ3v) is 3.03. The standard InChI is InChI=1S/C15H16ClNO6/c1-21-13(18)6-9(14(19)22-2)8-17-12-5-4-10(16)7-11(12)15(20)23-3/h4-7,17H,8H2,1-3H3/b9-6-. The number of nitrogens with one attached hydrogen (secondary N) is 1. The Morgan fingerprint density at radius 2 is 1.83 bits per heavy atom. The molecule has 0 atom stereocenters. The van der Waals surface area contributed by atoms with Gasteiger partial charge in [-0.1, -0.05) is 11.6 Å². The Kier molecular flexibility index (Phi) is 7.08. The van der Waals surface area contributed by atoms with Crippen LogP contribution in [-0.4, -0.2) is 45.8 Å². The van der Waals surface area contributed by atoms with Gasteiger partial charge < -0.3 is 19.5 Å². The zero-order chi connectivity index (χ0) is 17.4. The van der Waals surface area contributed by atoms with Crippen molar-refractivity contribution in [3.05, 3.63) is 40.4 Å². The van der Waals surface area contributed by atoms with E-state index in [1.807, 2.05) is 0 Å². The zero-order valence-corrected chi connectivity index (χ0v) is 13.6. The number of carbonyl (C=O) groups excluding carboxylic acids is 3. The van der Waals surface area contributed by atoms with E-state index in [9.17, 15) is 14.4 Å². The third kappa shape index (κ3) is 5.30. The predicted octanol–water partition coefficient (Wildman–Crippen LogP) is 1.81. The van der Waals surface area contributed by atoms with Crippen molar-refractivity contribution in [1.29, 1.82) is 0 Å². The highest BCUT2D eigenvalue weighted by molar-refractivity contribution is 6.31. The molecule has 0 radical (unpaired) electrons. The van der Waals surface area contributed by atoms with Crippen LogP contribution in [0.2, 0.25) is 5.02 Å². The van der Waals surface area contributed by atoms with Crippen molar-refractivity contribution < 1.29 is 28.6 Å². The molecule has 1 aromatic carbocycles. The Bertz CT molecular complexity index is 641. The first kappa shape index (κ1) is 18.5. The van der Waals surface area contributed by atoms with Crippen LogP contribution in [0.5, 0.6) is 0 Å². The Morgan fingerprint density at radius 3 is 2.39 bits per heavy atom. The molecule has 0 aromatic heterocycles. The summed E-state index contributed by atoms with van der Waals surface area (Å²) in [6.45, 7) is -0.0621. The summed E-state index contributed by atoms with van der Waals surface area (Å²) in [5.41, 5.74) is 0.619. The summed E-state index contributed by atoms with van der Waals surface area (Å²) in [6.07, 6.45) is 1.01. The number of carbonyl (C=O) groups is 3. The van der Waals surface area contributed by atoms with Crippen LogP contribution in [-0.2, 0) is 23.8 Å². The number of methoxy groups -OCH3 is 3. The molecule has 1 aromatic rings. The second-order valence-electron chi connectivity index (χ2n) is 4.22. The molecule has 7 nitrogen and oxygen atoms in total. The molecule has 23 heavy (non-hydrogen) atoms. The quantitative estimate of drug-likeness (QED) is 0.479. The Hall–Kier alpha value is -2.54. The number of esters is 3. The fourth-order valence-electron chi connectivity index (χ4n) is 1.65. The zero-order valence-electron chi connectivity index (χ0n) is 12.8. The highest BCUT2D eigenvalue weighted by Crippen LogP contribution is 2.22. The van der Waals surface area contributed by atoms with Gasteiger partial charge in [-0.05, 0) is 18.2 Å². The summed E-state index contributed by atoms with van der Waals surface area (Å²) in [4.78, 5) is 34.7. The first-order chi connectivity index (χ1) is 10.9. The molecule has 0 aliphatic heterocycles. The molecule has 0 heterocycles. The smallest absolute Gasteiger partial charge is 0.340 e. The first-order valence-electron chi connectivity index (χ1n) is 6.41. The second-order valence-corrected chi connectivity index (χ2v) is 4.66. The number of ether oxygens (including phenoxy) is 3. The topological polar surface area (TPSA) is 90.9 Å². The Balaban J connectivity index is 3.02. The summed E-state index contributed by atoms with van der Waals surface area (Å²) in [7, 11) is 3.62. The van der Waals surface area contributed by atoms with E-state index in [0.29, 0.717) is 10.7 Å². The summed E-state index contributed by atoms with van der Waals surface area (Å²) in [5.74, 6) is -1.99. The molecule has 1 rings (SSSR count). The molecule has 0 saturated heterocycles. The van der Waals surface area contributed by atoms with Crippen LogP contribution in [0, 0.1) is 0 Å². The molecule has 0 amide bonds. The van der Waals surface area contributed by atoms with Gasteiger partial charge >= 0.3 is 17.9 Å². The van der Waals surface area contributed by atoms with Crippen LogP contribution in [0.1, 0.15) is 10.4 Å². The third-order valence-electron chi connectivity index (χ3n) is 2.80. The van der Waals surface area contributed by atoms with E-state index in [4.69, 9.17) is 11.6 Å². The molecule has 8 heteroatoms. The molecule has 1 N–H and O–H groups in total. The van der Waals surface area contributed by atoms with Gasteiger partial charge in [-0.25, -0.2) is 14.4 Å². The summed E-state index contributed by atoms with van der Waals surface area (Å²) in [5, 5.41) is 3.22. The number of hydrogen-bond donors (Lipinski definition) is 1. The van der Waals surface area contributed by atoms with Gasteiger partial charge in [0, 0.05) is 23.3 Å². The number of halogens is 1. The van der Waals surface area contributed by atoms with Gasteiger partial charge in [-0.15, -0.1) is 0 Å². The number of hydrogen-bond acceptors (Lipinski definition) is 7. The molecule has 0 saturated carbocycles. The Labute approximate surface area is 138 Å². The normalized spacial score (nSPS) is 10.7. The summed E-state index contributed by atoms with van der Waals surface area (Å²) < 4.78 is 13.7. The second kappa shape index (κ2) is 8.79. The van der Waals surface area contributed by atoms with E-state index < -0.39 is 17.9 Å². The molecule has 0 aliphatic rings. The average molecular weight is 342 g/mol. The minimum atomic E-state index is -0.698. The Morgan fingerprint density at radius 1 is 1.13 bits per heavy atom. The van der Waals surface area contributed by atoms with E-state index in [2.05, 4.69) is 19.5 Å². The van der Waals surface area contributed by atoms with Crippen molar-refractivity contribution in [1.82, 2.24) is 0 Å². The molecule has 0 bridgehead atoms. The van der Waals surface area contributed by atoms with Crippen LogP contribution in [0.3, 0.4) is 0 Å². The van der Waals surface area contributed by atoms with Gasteiger partial charge in [0.05, 0.1) is 32.5 Å². The lowest BCUT2D eigenvalue weighted by Gasteiger charge is -2.12. The predicted molar refractivity (Wildman–Crippen MR) is 83.4 cm³/mol. The van der Waals surface area contributed by atoms with Crippen molar-refractivity contribution >= 4 is 35.2 Å².